The molecular weight excluding hydrogens is 277 g/mol. The van der Waals surface area contributed by atoms with Gasteiger partial charge in [0.2, 0.25) is 5.91 Å². The minimum Gasteiger partial charge on any atom is -0.351 e. The zero-order chi connectivity index (χ0) is 15.3. The third kappa shape index (κ3) is 4.96. The average molecular weight is 297 g/mol. The normalized spacial score (nSPS) is 11.2. The Hall–Kier alpha value is -1.36. The van der Waals surface area contributed by atoms with Gasteiger partial charge < -0.3 is 5.32 Å². The summed E-state index contributed by atoms with van der Waals surface area (Å²) in [7, 11) is 0. The fourth-order valence-corrected chi connectivity index (χ4v) is 2.20. The molecule has 5 heteroatoms. The highest BCUT2D eigenvalue weighted by molar-refractivity contribution is 8.00. The maximum atomic E-state index is 13.8. The minimum absolute atomic E-state index is 0.128. The zero-order valence-corrected chi connectivity index (χ0v) is 13.1. The van der Waals surface area contributed by atoms with E-state index in [0.717, 1.165) is 18.2 Å². The molecule has 1 rings (SSSR count). The number of hydrogen-bond acceptors (Lipinski definition) is 3. The van der Waals surface area contributed by atoms with Crippen LogP contribution in [0, 0.1) is 5.82 Å². The van der Waals surface area contributed by atoms with Crippen LogP contribution in [0.1, 0.15) is 44.5 Å². The summed E-state index contributed by atoms with van der Waals surface area (Å²) in [4.78, 5) is 23.3. The Bertz CT molecular complexity index is 515. The van der Waals surface area contributed by atoms with Crippen molar-refractivity contribution in [2.75, 3.05) is 5.75 Å². The van der Waals surface area contributed by atoms with E-state index in [-0.39, 0.29) is 23.0 Å². The van der Waals surface area contributed by atoms with Crippen molar-refractivity contribution in [1.29, 1.82) is 0 Å². The third-order valence-corrected chi connectivity index (χ3v) is 4.11. The molecule has 0 aliphatic heterocycles. The lowest BCUT2D eigenvalue weighted by atomic mass is 10.0. The Morgan fingerprint density at radius 1 is 1.35 bits per heavy atom. The van der Waals surface area contributed by atoms with E-state index in [9.17, 15) is 14.0 Å². The number of amides is 1. The Kier molecular flexibility index (Phi) is 5.74. The van der Waals surface area contributed by atoms with E-state index < -0.39 is 5.82 Å². The first-order valence-corrected chi connectivity index (χ1v) is 7.48. The van der Waals surface area contributed by atoms with Crippen molar-refractivity contribution in [2.24, 2.45) is 0 Å². The summed E-state index contributed by atoms with van der Waals surface area (Å²) >= 11 is 1.13. The van der Waals surface area contributed by atoms with Crippen LogP contribution < -0.4 is 5.32 Å². The molecule has 0 fully saturated rings. The Morgan fingerprint density at radius 3 is 2.50 bits per heavy atom. The van der Waals surface area contributed by atoms with Crippen LogP contribution >= 0.6 is 11.8 Å². The molecule has 1 amide bonds. The first kappa shape index (κ1) is 16.7. The fraction of sp³-hybridized carbons (Fsp3) is 0.467. The molecular formula is C15H20FNO2S. The first-order chi connectivity index (χ1) is 9.25. The van der Waals surface area contributed by atoms with Crippen molar-refractivity contribution in [3.05, 3.63) is 29.6 Å². The number of hydrogen-bond donors (Lipinski definition) is 1. The summed E-state index contributed by atoms with van der Waals surface area (Å²) in [6.07, 6.45) is 0.824. The standard InChI is InChI=1S/C15H20FNO2S/c1-5-15(3,4)17-14(19)9-20-13-7-6-11(10(2)18)8-12(13)16/h6-8H,5,9H2,1-4H3,(H,17,19). The van der Waals surface area contributed by atoms with Crippen LogP contribution in [0.5, 0.6) is 0 Å². The van der Waals surface area contributed by atoms with Crippen molar-refractivity contribution < 1.29 is 14.0 Å². The van der Waals surface area contributed by atoms with Crippen LogP contribution in [0.15, 0.2) is 23.1 Å². The van der Waals surface area contributed by atoms with E-state index in [1.807, 2.05) is 20.8 Å². The molecule has 1 N–H and O–H groups in total. The highest BCUT2D eigenvalue weighted by Gasteiger charge is 2.18. The summed E-state index contributed by atoms with van der Waals surface area (Å²) in [5.41, 5.74) is 0.0812. The second kappa shape index (κ2) is 6.88. The first-order valence-electron chi connectivity index (χ1n) is 6.49. The summed E-state index contributed by atoms with van der Waals surface area (Å²) in [5.74, 6) is -0.621. The molecule has 0 atom stereocenters. The Labute approximate surface area is 123 Å². The largest absolute Gasteiger partial charge is 0.351 e. The summed E-state index contributed by atoms with van der Waals surface area (Å²) < 4.78 is 13.8. The van der Waals surface area contributed by atoms with Crippen LogP contribution in [0.25, 0.3) is 0 Å². The summed E-state index contributed by atoms with van der Waals surface area (Å²) in [6, 6.07) is 4.31. The highest BCUT2D eigenvalue weighted by Crippen LogP contribution is 2.23. The molecule has 110 valence electrons. The van der Waals surface area contributed by atoms with Gasteiger partial charge >= 0.3 is 0 Å². The molecule has 0 aliphatic carbocycles. The topological polar surface area (TPSA) is 46.2 Å². The van der Waals surface area contributed by atoms with Crippen LogP contribution in [-0.4, -0.2) is 23.0 Å². The van der Waals surface area contributed by atoms with Gasteiger partial charge in [0, 0.05) is 16.0 Å². The number of carbonyl (C=O) groups excluding carboxylic acids is 2. The van der Waals surface area contributed by atoms with Gasteiger partial charge in [0.1, 0.15) is 5.82 Å². The third-order valence-electron chi connectivity index (χ3n) is 3.06. The number of thioether (sulfide) groups is 1. The van der Waals surface area contributed by atoms with E-state index >= 15 is 0 Å². The van der Waals surface area contributed by atoms with E-state index in [1.54, 1.807) is 6.07 Å². The van der Waals surface area contributed by atoms with Gasteiger partial charge in [-0.05, 0) is 39.3 Å². The predicted octanol–water partition coefficient (Wildman–Crippen LogP) is 3.43. The number of rotatable bonds is 6. The molecule has 1 aromatic rings. The van der Waals surface area contributed by atoms with Gasteiger partial charge in [-0.15, -0.1) is 11.8 Å². The van der Waals surface area contributed by atoms with E-state index in [0.29, 0.717) is 10.5 Å². The average Bonchev–Trinajstić information content (AvgIpc) is 2.36. The number of benzene rings is 1. The minimum atomic E-state index is -0.467. The molecule has 0 bridgehead atoms. The van der Waals surface area contributed by atoms with Crippen LogP contribution in [-0.2, 0) is 4.79 Å². The monoisotopic (exact) mass is 297 g/mol. The molecule has 0 saturated heterocycles. The molecule has 20 heavy (non-hydrogen) atoms. The molecule has 0 spiro atoms. The number of ketones is 1. The van der Waals surface area contributed by atoms with Crippen molar-refractivity contribution in [3.63, 3.8) is 0 Å². The molecule has 0 saturated carbocycles. The lowest BCUT2D eigenvalue weighted by Gasteiger charge is -2.24. The van der Waals surface area contributed by atoms with Gasteiger partial charge in [0.15, 0.2) is 5.78 Å². The van der Waals surface area contributed by atoms with Crippen molar-refractivity contribution in [3.8, 4) is 0 Å². The highest BCUT2D eigenvalue weighted by atomic mass is 32.2. The maximum absolute atomic E-state index is 13.8. The van der Waals surface area contributed by atoms with E-state index in [2.05, 4.69) is 5.32 Å². The summed E-state index contributed by atoms with van der Waals surface area (Å²) in [5, 5.41) is 2.89. The molecule has 0 radical (unpaired) electrons. The van der Waals surface area contributed by atoms with Gasteiger partial charge in [0.25, 0.3) is 0 Å². The second-order valence-electron chi connectivity index (χ2n) is 5.28. The number of nitrogens with one attached hydrogen (secondary N) is 1. The quantitative estimate of drug-likeness (QED) is 0.646. The number of Topliss-reactive ketones (excluding diaryl/α,β-unsaturated/α-hetero) is 1. The van der Waals surface area contributed by atoms with Gasteiger partial charge in [0.05, 0.1) is 5.75 Å². The zero-order valence-electron chi connectivity index (χ0n) is 12.2. The van der Waals surface area contributed by atoms with Crippen LogP contribution in [0.2, 0.25) is 0 Å². The molecule has 0 aliphatic rings. The Morgan fingerprint density at radius 2 is 2.00 bits per heavy atom. The van der Waals surface area contributed by atoms with E-state index in [4.69, 9.17) is 0 Å². The van der Waals surface area contributed by atoms with Crippen molar-refractivity contribution >= 4 is 23.5 Å². The van der Waals surface area contributed by atoms with Gasteiger partial charge in [-0.25, -0.2) is 4.39 Å². The second-order valence-corrected chi connectivity index (χ2v) is 6.29. The van der Waals surface area contributed by atoms with Crippen molar-refractivity contribution in [2.45, 2.75) is 44.6 Å². The molecule has 1 aromatic carbocycles. The summed E-state index contributed by atoms with van der Waals surface area (Å²) in [6.45, 7) is 7.27. The molecule has 3 nitrogen and oxygen atoms in total. The van der Waals surface area contributed by atoms with Gasteiger partial charge in [-0.1, -0.05) is 13.0 Å². The van der Waals surface area contributed by atoms with Gasteiger partial charge in [-0.3, -0.25) is 9.59 Å². The lowest BCUT2D eigenvalue weighted by molar-refractivity contribution is -0.120. The predicted molar refractivity (Wildman–Crippen MR) is 79.6 cm³/mol. The fourth-order valence-electron chi connectivity index (χ4n) is 1.48. The number of halogens is 1. The van der Waals surface area contributed by atoms with Crippen LogP contribution in [0.3, 0.4) is 0 Å². The molecule has 0 aromatic heterocycles. The number of carbonyl (C=O) groups is 2. The lowest BCUT2D eigenvalue weighted by Crippen LogP contribution is -2.43. The Balaban J connectivity index is 2.62. The molecule has 0 unspecified atom stereocenters. The molecule has 0 heterocycles. The SMILES string of the molecule is CCC(C)(C)NC(=O)CSc1ccc(C(C)=O)cc1F. The van der Waals surface area contributed by atoms with Crippen molar-refractivity contribution in [1.82, 2.24) is 5.32 Å². The van der Waals surface area contributed by atoms with Gasteiger partial charge in [-0.2, -0.15) is 0 Å². The smallest absolute Gasteiger partial charge is 0.230 e. The van der Waals surface area contributed by atoms with E-state index in [1.165, 1.54) is 19.1 Å². The maximum Gasteiger partial charge on any atom is 0.230 e. The van der Waals surface area contributed by atoms with Crippen LogP contribution in [0.4, 0.5) is 4.39 Å².